The maximum atomic E-state index is 12.7. The molecule has 0 saturated carbocycles. The van der Waals surface area contributed by atoms with Crippen LogP contribution in [0.3, 0.4) is 0 Å². The van der Waals surface area contributed by atoms with E-state index in [0.29, 0.717) is 19.4 Å². The number of hydrogen-bond acceptors (Lipinski definition) is 4. The second kappa shape index (κ2) is 6.91. The lowest BCUT2D eigenvalue weighted by molar-refractivity contribution is -0.141. The van der Waals surface area contributed by atoms with Crippen LogP contribution < -0.4 is 5.32 Å². The molecule has 0 bridgehead atoms. The van der Waals surface area contributed by atoms with Gasteiger partial charge in [-0.3, -0.25) is 14.6 Å². The average Bonchev–Trinajstić information content (AvgIpc) is 3.10. The Morgan fingerprint density at radius 2 is 2.17 bits per heavy atom. The molecule has 2 atom stereocenters. The maximum absolute atomic E-state index is 12.7. The number of thiophene rings is 1. The first-order valence-corrected chi connectivity index (χ1v) is 8.50. The molecule has 0 unspecified atom stereocenters. The highest BCUT2D eigenvalue weighted by Crippen LogP contribution is 2.37. The van der Waals surface area contributed by atoms with Gasteiger partial charge in [0.15, 0.2) is 0 Å². The summed E-state index contributed by atoms with van der Waals surface area (Å²) >= 11 is 1.59. The Hall–Kier alpha value is -2.21. The standard InChI is InChI=1S/C17H19N3O2S/c1-20-15(21)5-4-13(16(20)14-3-2-10-23-14)17(22)19-11-12-6-8-18-9-7-12/h2-3,6-10,13,16H,4-5,11H2,1H3,(H,19,22)/t13-,16+/m1/s1. The van der Waals surface area contributed by atoms with Crippen molar-refractivity contribution in [3.63, 3.8) is 0 Å². The lowest BCUT2D eigenvalue weighted by Gasteiger charge is -2.37. The van der Waals surface area contributed by atoms with Gasteiger partial charge in [0, 0.05) is 37.3 Å². The van der Waals surface area contributed by atoms with Crippen LogP contribution in [0.1, 0.15) is 29.3 Å². The van der Waals surface area contributed by atoms with Gasteiger partial charge in [-0.05, 0) is 35.6 Å². The van der Waals surface area contributed by atoms with Crippen LogP contribution in [0.25, 0.3) is 0 Å². The second-order valence-electron chi connectivity index (χ2n) is 5.68. The molecule has 1 aliphatic heterocycles. The number of carbonyl (C=O) groups excluding carboxylic acids is 2. The highest BCUT2D eigenvalue weighted by molar-refractivity contribution is 7.10. The van der Waals surface area contributed by atoms with Crippen molar-refractivity contribution >= 4 is 23.2 Å². The number of nitrogens with zero attached hydrogens (tertiary/aromatic N) is 2. The van der Waals surface area contributed by atoms with Crippen LogP contribution in [-0.2, 0) is 16.1 Å². The fourth-order valence-electron chi connectivity index (χ4n) is 2.98. The van der Waals surface area contributed by atoms with Crippen LogP contribution >= 0.6 is 11.3 Å². The quantitative estimate of drug-likeness (QED) is 0.937. The van der Waals surface area contributed by atoms with Crippen LogP contribution in [0.5, 0.6) is 0 Å². The molecule has 2 aromatic rings. The van der Waals surface area contributed by atoms with Crippen LogP contribution in [0.4, 0.5) is 0 Å². The van der Waals surface area contributed by atoms with Gasteiger partial charge in [0.1, 0.15) is 0 Å². The fourth-order valence-corrected chi connectivity index (χ4v) is 3.92. The lowest BCUT2D eigenvalue weighted by atomic mass is 9.87. The van der Waals surface area contributed by atoms with Gasteiger partial charge in [-0.2, -0.15) is 0 Å². The van der Waals surface area contributed by atoms with Crippen LogP contribution in [-0.4, -0.2) is 28.7 Å². The van der Waals surface area contributed by atoms with Crippen molar-refractivity contribution in [3.05, 3.63) is 52.5 Å². The molecule has 120 valence electrons. The van der Waals surface area contributed by atoms with Crippen LogP contribution in [0, 0.1) is 5.92 Å². The minimum absolute atomic E-state index is 0.000405. The molecule has 1 N–H and O–H groups in total. The van der Waals surface area contributed by atoms with Crippen molar-refractivity contribution in [1.29, 1.82) is 0 Å². The molecule has 0 spiro atoms. The summed E-state index contributed by atoms with van der Waals surface area (Å²) in [6.45, 7) is 0.479. The molecule has 3 rings (SSSR count). The minimum Gasteiger partial charge on any atom is -0.352 e. The largest absolute Gasteiger partial charge is 0.352 e. The molecule has 0 aromatic carbocycles. The number of piperidine rings is 1. The Balaban J connectivity index is 1.73. The van der Waals surface area contributed by atoms with Gasteiger partial charge in [0.05, 0.1) is 12.0 Å². The van der Waals surface area contributed by atoms with E-state index in [4.69, 9.17) is 0 Å². The molecule has 3 heterocycles. The van der Waals surface area contributed by atoms with Gasteiger partial charge in [0.2, 0.25) is 11.8 Å². The molecule has 0 radical (unpaired) electrons. The van der Waals surface area contributed by atoms with Gasteiger partial charge < -0.3 is 10.2 Å². The third-order valence-electron chi connectivity index (χ3n) is 4.25. The van der Waals surface area contributed by atoms with Gasteiger partial charge >= 0.3 is 0 Å². The van der Waals surface area contributed by atoms with E-state index in [9.17, 15) is 9.59 Å². The number of hydrogen-bond donors (Lipinski definition) is 1. The summed E-state index contributed by atoms with van der Waals surface area (Å²) in [5, 5.41) is 4.98. The highest BCUT2D eigenvalue weighted by atomic mass is 32.1. The first-order valence-electron chi connectivity index (χ1n) is 7.62. The molecule has 6 heteroatoms. The van der Waals surface area contributed by atoms with E-state index in [1.165, 1.54) is 0 Å². The predicted molar refractivity (Wildman–Crippen MR) is 88.6 cm³/mol. The van der Waals surface area contributed by atoms with Crippen molar-refractivity contribution in [2.75, 3.05) is 7.05 Å². The Kier molecular flexibility index (Phi) is 4.71. The van der Waals surface area contributed by atoms with Crippen molar-refractivity contribution in [2.24, 2.45) is 5.92 Å². The topological polar surface area (TPSA) is 62.3 Å². The van der Waals surface area contributed by atoms with Crippen molar-refractivity contribution in [3.8, 4) is 0 Å². The Morgan fingerprint density at radius 1 is 1.39 bits per heavy atom. The van der Waals surface area contributed by atoms with Gasteiger partial charge in [-0.25, -0.2) is 0 Å². The predicted octanol–water partition coefficient (Wildman–Crippen LogP) is 2.37. The van der Waals surface area contributed by atoms with Crippen LogP contribution in [0.15, 0.2) is 42.0 Å². The van der Waals surface area contributed by atoms with E-state index in [0.717, 1.165) is 10.4 Å². The molecule has 23 heavy (non-hydrogen) atoms. The SMILES string of the molecule is CN1C(=O)CC[C@@H](C(=O)NCc2ccncc2)[C@H]1c1cccs1. The van der Waals surface area contributed by atoms with E-state index in [-0.39, 0.29) is 23.8 Å². The maximum Gasteiger partial charge on any atom is 0.225 e. The number of carbonyl (C=O) groups is 2. The summed E-state index contributed by atoms with van der Waals surface area (Å²) in [5.74, 6) is -0.112. The Bertz CT molecular complexity index is 672. The monoisotopic (exact) mass is 329 g/mol. The first-order chi connectivity index (χ1) is 11.2. The first kappa shape index (κ1) is 15.7. The minimum atomic E-state index is -0.210. The van der Waals surface area contributed by atoms with Crippen molar-refractivity contribution in [1.82, 2.24) is 15.2 Å². The summed E-state index contributed by atoms with van der Waals surface area (Å²) in [6.07, 6.45) is 4.44. The molecule has 0 aliphatic carbocycles. The summed E-state index contributed by atoms with van der Waals surface area (Å²) in [6, 6.07) is 7.54. The molecule has 2 amide bonds. The lowest BCUT2D eigenvalue weighted by Crippen LogP contribution is -2.45. The number of amides is 2. The number of likely N-dealkylation sites (tertiary alicyclic amines) is 1. The zero-order valence-corrected chi connectivity index (χ0v) is 13.8. The normalized spacial score (nSPS) is 21.3. The van der Waals surface area contributed by atoms with Crippen molar-refractivity contribution in [2.45, 2.75) is 25.4 Å². The molecule has 5 nitrogen and oxygen atoms in total. The Morgan fingerprint density at radius 3 is 2.87 bits per heavy atom. The third kappa shape index (κ3) is 3.42. The zero-order chi connectivity index (χ0) is 16.2. The molecule has 1 fully saturated rings. The van der Waals surface area contributed by atoms with E-state index in [1.54, 1.807) is 35.7 Å². The summed E-state index contributed by atoms with van der Waals surface area (Å²) in [5.41, 5.74) is 1.02. The highest BCUT2D eigenvalue weighted by Gasteiger charge is 2.39. The molecule has 2 aromatic heterocycles. The van der Waals surface area contributed by atoms with Crippen molar-refractivity contribution < 1.29 is 9.59 Å². The van der Waals surface area contributed by atoms with E-state index >= 15 is 0 Å². The van der Waals surface area contributed by atoms with Gasteiger partial charge in [-0.15, -0.1) is 11.3 Å². The fraction of sp³-hybridized carbons (Fsp3) is 0.353. The van der Waals surface area contributed by atoms with E-state index in [1.807, 2.05) is 29.6 Å². The number of rotatable bonds is 4. The molecule has 1 aliphatic rings. The summed E-state index contributed by atoms with van der Waals surface area (Å²) in [4.78, 5) is 31.5. The second-order valence-corrected chi connectivity index (χ2v) is 6.66. The van der Waals surface area contributed by atoms with E-state index in [2.05, 4.69) is 10.3 Å². The summed E-state index contributed by atoms with van der Waals surface area (Å²) in [7, 11) is 1.79. The molecular formula is C17H19N3O2S. The number of pyridine rings is 1. The van der Waals surface area contributed by atoms with Crippen LogP contribution in [0.2, 0.25) is 0 Å². The number of aromatic nitrogens is 1. The smallest absolute Gasteiger partial charge is 0.225 e. The third-order valence-corrected chi connectivity index (χ3v) is 5.19. The Labute approximate surface area is 139 Å². The zero-order valence-electron chi connectivity index (χ0n) is 12.9. The van der Waals surface area contributed by atoms with Gasteiger partial charge in [0.25, 0.3) is 0 Å². The molecule has 1 saturated heterocycles. The van der Waals surface area contributed by atoms with E-state index < -0.39 is 0 Å². The molecular weight excluding hydrogens is 310 g/mol. The number of nitrogens with one attached hydrogen (secondary N) is 1. The van der Waals surface area contributed by atoms with Gasteiger partial charge in [-0.1, -0.05) is 6.07 Å². The average molecular weight is 329 g/mol. The summed E-state index contributed by atoms with van der Waals surface area (Å²) < 4.78 is 0.